The van der Waals surface area contributed by atoms with Crippen molar-refractivity contribution in [1.29, 1.82) is 0 Å². The Bertz CT molecular complexity index is 392. The van der Waals surface area contributed by atoms with E-state index in [1.807, 2.05) is 0 Å². The summed E-state index contributed by atoms with van der Waals surface area (Å²) >= 11 is 2.86. The lowest BCUT2D eigenvalue weighted by Gasteiger charge is -2.09. The largest absolute Gasteiger partial charge is 0.419 e. The van der Waals surface area contributed by atoms with Crippen molar-refractivity contribution in [2.24, 2.45) is 0 Å². The van der Waals surface area contributed by atoms with Gasteiger partial charge in [0.2, 0.25) is 0 Å². The number of halogens is 4. The number of anilines is 1. The fourth-order valence-electron chi connectivity index (χ4n) is 0.932. The number of alkyl halides is 4. The number of carbonyl (C=O) groups is 1. The van der Waals surface area contributed by atoms with E-state index >= 15 is 0 Å². The van der Waals surface area contributed by atoms with Gasteiger partial charge in [0.1, 0.15) is 5.82 Å². The third-order valence-electron chi connectivity index (χ3n) is 1.67. The molecule has 1 rings (SSSR count). The third kappa shape index (κ3) is 2.68. The van der Waals surface area contributed by atoms with Crippen LogP contribution in [0.3, 0.4) is 0 Å². The van der Waals surface area contributed by atoms with Crippen LogP contribution < -0.4 is 5.73 Å². The first-order chi connectivity index (χ1) is 6.86. The number of hydrogen-bond donors (Lipinski definition) is 1. The van der Waals surface area contributed by atoms with Gasteiger partial charge in [-0.1, -0.05) is 15.9 Å². The van der Waals surface area contributed by atoms with Crippen molar-refractivity contribution >= 4 is 27.5 Å². The summed E-state index contributed by atoms with van der Waals surface area (Å²) in [7, 11) is 0. The maximum atomic E-state index is 12.4. The van der Waals surface area contributed by atoms with Crippen molar-refractivity contribution in [2.45, 2.75) is 6.18 Å². The molecule has 15 heavy (non-hydrogen) atoms. The van der Waals surface area contributed by atoms with Gasteiger partial charge in [0.15, 0.2) is 5.78 Å². The summed E-state index contributed by atoms with van der Waals surface area (Å²) < 4.78 is 37.1. The molecule has 1 aromatic rings. The molecule has 0 amide bonds. The van der Waals surface area contributed by atoms with Gasteiger partial charge < -0.3 is 5.73 Å². The molecule has 0 aliphatic rings. The molecule has 0 atom stereocenters. The van der Waals surface area contributed by atoms with E-state index in [1.165, 1.54) is 0 Å². The highest BCUT2D eigenvalue weighted by Crippen LogP contribution is 2.32. The van der Waals surface area contributed by atoms with Crippen molar-refractivity contribution in [2.75, 3.05) is 11.1 Å². The molecule has 0 bridgehead atoms. The standard InChI is InChI=1S/C8H6BrF3N2O/c9-2-6(15)4-1-5(8(10,11)12)7(13)14-3-4/h1,3H,2H2,(H2,13,14). The van der Waals surface area contributed by atoms with Gasteiger partial charge in [-0.15, -0.1) is 0 Å². The predicted molar refractivity (Wildman–Crippen MR) is 51.8 cm³/mol. The second-order valence-corrected chi connectivity index (χ2v) is 3.27. The highest BCUT2D eigenvalue weighted by molar-refractivity contribution is 9.09. The molecule has 0 aliphatic carbocycles. The number of nitrogens with zero attached hydrogens (tertiary/aromatic N) is 1. The number of Topliss-reactive ketones (excluding diaryl/α,β-unsaturated/α-hetero) is 1. The molecule has 0 radical (unpaired) electrons. The van der Waals surface area contributed by atoms with Crippen LogP contribution >= 0.6 is 15.9 Å². The smallest absolute Gasteiger partial charge is 0.383 e. The maximum absolute atomic E-state index is 12.4. The summed E-state index contributed by atoms with van der Waals surface area (Å²) in [4.78, 5) is 14.4. The summed E-state index contributed by atoms with van der Waals surface area (Å²) in [5, 5.41) is -0.0596. The first-order valence-corrected chi connectivity index (χ1v) is 4.90. The molecule has 0 saturated carbocycles. The Kier molecular flexibility index (Phi) is 3.33. The SMILES string of the molecule is Nc1ncc(C(=O)CBr)cc1C(F)(F)F. The van der Waals surface area contributed by atoms with Crippen LogP contribution in [0, 0.1) is 0 Å². The summed E-state index contributed by atoms with van der Waals surface area (Å²) in [5.74, 6) is -1.11. The molecule has 1 aromatic heterocycles. The number of pyridine rings is 1. The lowest BCUT2D eigenvalue weighted by Crippen LogP contribution is -2.13. The monoisotopic (exact) mass is 282 g/mol. The van der Waals surface area contributed by atoms with E-state index in [0.29, 0.717) is 6.07 Å². The minimum atomic E-state index is -4.60. The van der Waals surface area contributed by atoms with Gasteiger partial charge in [-0.3, -0.25) is 4.79 Å². The van der Waals surface area contributed by atoms with E-state index in [-0.39, 0.29) is 10.9 Å². The molecule has 0 spiro atoms. The lowest BCUT2D eigenvalue weighted by atomic mass is 10.1. The number of rotatable bonds is 2. The fourth-order valence-corrected chi connectivity index (χ4v) is 1.26. The Hall–Kier alpha value is -1.11. The van der Waals surface area contributed by atoms with Gasteiger partial charge in [0.05, 0.1) is 10.9 Å². The van der Waals surface area contributed by atoms with Gasteiger partial charge in [-0.05, 0) is 6.07 Å². The molecule has 3 nitrogen and oxygen atoms in total. The maximum Gasteiger partial charge on any atom is 0.419 e. The van der Waals surface area contributed by atoms with Crippen LogP contribution in [-0.4, -0.2) is 16.1 Å². The predicted octanol–water partition coefficient (Wildman–Crippen LogP) is 2.26. The van der Waals surface area contributed by atoms with Gasteiger partial charge >= 0.3 is 6.18 Å². The van der Waals surface area contributed by atoms with Crippen molar-refractivity contribution in [3.8, 4) is 0 Å². The van der Waals surface area contributed by atoms with Gasteiger partial charge in [-0.25, -0.2) is 4.98 Å². The lowest BCUT2D eigenvalue weighted by molar-refractivity contribution is -0.137. The van der Waals surface area contributed by atoms with Gasteiger partial charge in [0, 0.05) is 11.8 Å². The number of hydrogen-bond acceptors (Lipinski definition) is 3. The zero-order valence-corrected chi connectivity index (χ0v) is 8.89. The van der Waals surface area contributed by atoms with Crippen molar-refractivity contribution in [3.05, 3.63) is 23.4 Å². The average molecular weight is 283 g/mol. The normalized spacial score (nSPS) is 11.5. The molecule has 1 heterocycles. The van der Waals surface area contributed by atoms with Crippen LogP contribution in [0.5, 0.6) is 0 Å². The average Bonchev–Trinajstić information content (AvgIpc) is 2.15. The third-order valence-corrected chi connectivity index (χ3v) is 2.18. The number of nitrogen functional groups attached to an aromatic ring is 1. The number of nitrogens with two attached hydrogens (primary N) is 1. The van der Waals surface area contributed by atoms with Gasteiger partial charge in [-0.2, -0.15) is 13.2 Å². The zero-order chi connectivity index (χ0) is 11.6. The minimum absolute atomic E-state index is 0.0596. The molecular formula is C8H6BrF3N2O. The Morgan fingerprint density at radius 1 is 1.53 bits per heavy atom. The molecule has 2 N–H and O–H groups in total. The van der Waals surface area contributed by atoms with E-state index in [9.17, 15) is 18.0 Å². The molecule has 0 aromatic carbocycles. The number of aromatic nitrogens is 1. The Morgan fingerprint density at radius 3 is 2.60 bits per heavy atom. The number of carbonyl (C=O) groups excluding carboxylic acids is 1. The second-order valence-electron chi connectivity index (χ2n) is 2.71. The van der Waals surface area contributed by atoms with E-state index in [2.05, 4.69) is 20.9 Å². The second kappa shape index (κ2) is 4.18. The summed E-state index contributed by atoms with van der Waals surface area (Å²) in [5.41, 5.74) is 3.86. The van der Waals surface area contributed by atoms with Crippen LogP contribution in [0.15, 0.2) is 12.3 Å². The van der Waals surface area contributed by atoms with Crippen LogP contribution in [0.25, 0.3) is 0 Å². The molecule has 82 valence electrons. The summed E-state index contributed by atoms with van der Waals surface area (Å²) in [6.45, 7) is 0. The summed E-state index contributed by atoms with van der Waals surface area (Å²) in [6.07, 6.45) is -3.58. The molecule has 0 saturated heterocycles. The fraction of sp³-hybridized carbons (Fsp3) is 0.250. The van der Waals surface area contributed by atoms with Gasteiger partial charge in [0.25, 0.3) is 0 Å². The highest BCUT2D eigenvalue weighted by atomic mass is 79.9. The van der Waals surface area contributed by atoms with Crippen LogP contribution in [0.1, 0.15) is 15.9 Å². The Labute approximate surface area is 91.6 Å². The first-order valence-electron chi connectivity index (χ1n) is 3.78. The minimum Gasteiger partial charge on any atom is -0.383 e. The van der Waals surface area contributed by atoms with Crippen LogP contribution in [0.4, 0.5) is 19.0 Å². The van der Waals surface area contributed by atoms with E-state index in [0.717, 1.165) is 6.20 Å². The van der Waals surface area contributed by atoms with Crippen LogP contribution in [-0.2, 0) is 6.18 Å². The van der Waals surface area contributed by atoms with E-state index < -0.39 is 23.3 Å². The molecule has 0 unspecified atom stereocenters. The highest BCUT2D eigenvalue weighted by Gasteiger charge is 2.34. The number of ketones is 1. The van der Waals surface area contributed by atoms with Crippen LogP contribution in [0.2, 0.25) is 0 Å². The molecule has 0 aliphatic heterocycles. The molecular weight excluding hydrogens is 277 g/mol. The molecule has 0 fully saturated rings. The van der Waals surface area contributed by atoms with Crippen molar-refractivity contribution < 1.29 is 18.0 Å². The molecule has 7 heteroatoms. The Morgan fingerprint density at radius 2 is 2.13 bits per heavy atom. The topological polar surface area (TPSA) is 56.0 Å². The summed E-state index contributed by atoms with van der Waals surface area (Å²) in [6, 6.07) is 0.700. The van der Waals surface area contributed by atoms with E-state index in [4.69, 9.17) is 5.73 Å². The van der Waals surface area contributed by atoms with Crippen molar-refractivity contribution in [1.82, 2.24) is 4.98 Å². The Balaban J connectivity index is 3.23. The van der Waals surface area contributed by atoms with Crippen molar-refractivity contribution in [3.63, 3.8) is 0 Å². The zero-order valence-electron chi connectivity index (χ0n) is 7.31. The van der Waals surface area contributed by atoms with E-state index in [1.54, 1.807) is 0 Å². The first kappa shape index (κ1) is 12.0. The quantitative estimate of drug-likeness (QED) is 0.669.